The number of aliphatic imine (C=N–C) groups is 1. The van der Waals surface area contributed by atoms with Crippen molar-refractivity contribution < 1.29 is 0 Å². The first-order valence-electron chi connectivity index (χ1n) is 8.75. The van der Waals surface area contributed by atoms with E-state index in [0.717, 1.165) is 24.6 Å². The highest BCUT2D eigenvalue weighted by molar-refractivity contribution is 14.0. The summed E-state index contributed by atoms with van der Waals surface area (Å²) in [6.45, 7) is 2.13. The van der Waals surface area contributed by atoms with Crippen LogP contribution in [0, 0.1) is 0 Å². The fourth-order valence-corrected chi connectivity index (χ4v) is 2.64. The fourth-order valence-electron chi connectivity index (χ4n) is 2.64. The molecule has 0 saturated heterocycles. The van der Waals surface area contributed by atoms with E-state index in [4.69, 9.17) is 4.99 Å². The third-order valence-electron chi connectivity index (χ3n) is 4.00. The molecular weight excluding hydrogens is 449 g/mol. The topological polar surface area (TPSA) is 45.5 Å². The van der Waals surface area contributed by atoms with Crippen molar-refractivity contribution in [2.45, 2.75) is 19.6 Å². The van der Waals surface area contributed by atoms with Gasteiger partial charge in [0.25, 0.3) is 0 Å². The minimum atomic E-state index is 0. The Balaban J connectivity index is 0.00000261. The highest BCUT2D eigenvalue weighted by atomic mass is 127. The molecule has 5 nitrogen and oxygen atoms in total. The van der Waals surface area contributed by atoms with Crippen LogP contribution in [0.15, 0.2) is 78.0 Å². The number of benzene rings is 2. The Morgan fingerprint density at radius 3 is 2.22 bits per heavy atom. The Morgan fingerprint density at radius 2 is 1.59 bits per heavy atom. The van der Waals surface area contributed by atoms with Crippen molar-refractivity contribution in [2.75, 3.05) is 14.1 Å². The number of nitrogens with one attached hydrogen (secondary N) is 1. The minimum absolute atomic E-state index is 0. The van der Waals surface area contributed by atoms with E-state index in [1.165, 1.54) is 11.1 Å². The molecule has 2 aromatic carbocycles. The van der Waals surface area contributed by atoms with Gasteiger partial charge in [-0.2, -0.15) is 5.10 Å². The van der Waals surface area contributed by atoms with Crippen molar-refractivity contribution in [1.82, 2.24) is 20.0 Å². The first kappa shape index (κ1) is 21.0. The molecule has 0 aliphatic rings. The Hall–Kier alpha value is -2.35. The summed E-state index contributed by atoms with van der Waals surface area (Å²) in [5.41, 5.74) is 3.57. The zero-order valence-electron chi connectivity index (χ0n) is 15.7. The van der Waals surface area contributed by atoms with Crippen molar-refractivity contribution in [3.05, 3.63) is 89.7 Å². The van der Waals surface area contributed by atoms with Gasteiger partial charge in [-0.25, -0.2) is 4.99 Å². The van der Waals surface area contributed by atoms with Gasteiger partial charge in [-0.05, 0) is 11.1 Å². The fraction of sp³-hybridized carbons (Fsp3) is 0.238. The number of rotatable bonds is 6. The molecule has 0 spiro atoms. The highest BCUT2D eigenvalue weighted by Gasteiger charge is 2.04. The van der Waals surface area contributed by atoms with E-state index in [0.29, 0.717) is 6.54 Å². The Bertz CT molecular complexity index is 828. The summed E-state index contributed by atoms with van der Waals surface area (Å²) in [7, 11) is 3.99. The van der Waals surface area contributed by atoms with Gasteiger partial charge in [-0.1, -0.05) is 60.7 Å². The van der Waals surface area contributed by atoms with Gasteiger partial charge in [0.15, 0.2) is 5.96 Å². The Kier molecular flexibility index (Phi) is 8.32. The zero-order valence-corrected chi connectivity index (χ0v) is 18.1. The average Bonchev–Trinajstić information content (AvgIpc) is 3.10. The standard InChI is InChI=1S/C21H25N5.HI/c1-25(2)21(22-13-18-9-5-3-6-10-18)23-14-20-15-24-26(17-20)16-19-11-7-4-8-12-19;/h3-12,15,17H,13-14,16H2,1-2H3,(H,22,23);1H. The highest BCUT2D eigenvalue weighted by Crippen LogP contribution is 2.05. The number of hydrogen-bond donors (Lipinski definition) is 1. The van der Waals surface area contributed by atoms with E-state index in [1.54, 1.807) is 0 Å². The summed E-state index contributed by atoms with van der Waals surface area (Å²) < 4.78 is 1.95. The first-order chi connectivity index (χ1) is 12.7. The largest absolute Gasteiger partial charge is 0.352 e. The first-order valence-corrected chi connectivity index (χ1v) is 8.75. The van der Waals surface area contributed by atoms with Crippen LogP contribution in [0.5, 0.6) is 0 Å². The van der Waals surface area contributed by atoms with Crippen LogP contribution in [0.25, 0.3) is 0 Å². The van der Waals surface area contributed by atoms with Gasteiger partial charge in [-0.15, -0.1) is 24.0 Å². The number of guanidine groups is 1. The molecule has 0 radical (unpaired) electrons. The van der Waals surface area contributed by atoms with Gasteiger partial charge in [0, 0.05) is 32.4 Å². The summed E-state index contributed by atoms with van der Waals surface area (Å²) in [5.74, 6) is 0.865. The van der Waals surface area contributed by atoms with Gasteiger partial charge in [0.05, 0.1) is 19.3 Å². The summed E-state index contributed by atoms with van der Waals surface area (Å²) in [6, 6.07) is 20.7. The summed E-state index contributed by atoms with van der Waals surface area (Å²) >= 11 is 0. The molecular formula is C21H26IN5. The predicted octanol–water partition coefficient (Wildman–Crippen LogP) is 3.76. The maximum atomic E-state index is 4.71. The molecule has 0 aliphatic heterocycles. The maximum Gasteiger partial charge on any atom is 0.194 e. The molecule has 0 bridgehead atoms. The van der Waals surface area contributed by atoms with Gasteiger partial charge in [0.2, 0.25) is 0 Å². The van der Waals surface area contributed by atoms with Crippen LogP contribution in [0.4, 0.5) is 0 Å². The lowest BCUT2D eigenvalue weighted by molar-refractivity contribution is 0.578. The molecule has 3 rings (SSSR count). The number of halogens is 1. The van der Waals surface area contributed by atoms with E-state index in [1.807, 2.05) is 66.3 Å². The number of aromatic nitrogens is 2. The minimum Gasteiger partial charge on any atom is -0.352 e. The van der Waals surface area contributed by atoms with Crippen molar-refractivity contribution >= 4 is 29.9 Å². The average molecular weight is 475 g/mol. The summed E-state index contributed by atoms with van der Waals surface area (Å²) in [6.07, 6.45) is 3.94. The second-order valence-electron chi connectivity index (χ2n) is 6.41. The number of hydrogen-bond acceptors (Lipinski definition) is 2. The quantitative estimate of drug-likeness (QED) is 0.336. The van der Waals surface area contributed by atoms with E-state index in [9.17, 15) is 0 Å². The van der Waals surface area contributed by atoms with Crippen LogP contribution in [-0.2, 0) is 19.6 Å². The molecule has 0 atom stereocenters. The van der Waals surface area contributed by atoms with Crippen molar-refractivity contribution in [1.29, 1.82) is 0 Å². The molecule has 0 fully saturated rings. The predicted molar refractivity (Wildman–Crippen MR) is 121 cm³/mol. The molecule has 1 N–H and O–H groups in total. The SMILES string of the molecule is CN(C)C(=NCc1cnn(Cc2ccccc2)c1)NCc1ccccc1.I. The van der Waals surface area contributed by atoms with Gasteiger partial charge in [0.1, 0.15) is 0 Å². The molecule has 0 saturated carbocycles. The molecule has 0 unspecified atom stereocenters. The van der Waals surface area contributed by atoms with Crippen LogP contribution < -0.4 is 5.32 Å². The van der Waals surface area contributed by atoms with E-state index in [-0.39, 0.29) is 24.0 Å². The molecule has 142 valence electrons. The lowest BCUT2D eigenvalue weighted by Gasteiger charge is -2.17. The second-order valence-corrected chi connectivity index (χ2v) is 6.41. The maximum absolute atomic E-state index is 4.71. The van der Waals surface area contributed by atoms with Gasteiger partial charge in [-0.3, -0.25) is 4.68 Å². The molecule has 0 amide bonds. The second kappa shape index (κ2) is 10.7. The van der Waals surface area contributed by atoms with Crippen LogP contribution in [0.2, 0.25) is 0 Å². The number of nitrogens with zero attached hydrogens (tertiary/aromatic N) is 4. The monoisotopic (exact) mass is 475 g/mol. The normalized spacial score (nSPS) is 11.0. The Morgan fingerprint density at radius 1 is 0.963 bits per heavy atom. The van der Waals surface area contributed by atoms with E-state index in [2.05, 4.69) is 40.9 Å². The van der Waals surface area contributed by atoms with Crippen LogP contribution in [0.1, 0.15) is 16.7 Å². The van der Waals surface area contributed by atoms with Crippen molar-refractivity contribution in [3.63, 3.8) is 0 Å². The zero-order chi connectivity index (χ0) is 18.2. The van der Waals surface area contributed by atoms with Crippen molar-refractivity contribution in [3.8, 4) is 0 Å². The third kappa shape index (κ3) is 6.71. The summed E-state index contributed by atoms with van der Waals surface area (Å²) in [5, 5.41) is 7.84. The molecule has 1 aromatic heterocycles. The van der Waals surface area contributed by atoms with E-state index >= 15 is 0 Å². The van der Waals surface area contributed by atoms with E-state index < -0.39 is 0 Å². The molecule has 27 heavy (non-hydrogen) atoms. The lowest BCUT2D eigenvalue weighted by atomic mass is 10.2. The van der Waals surface area contributed by atoms with Crippen LogP contribution >= 0.6 is 24.0 Å². The van der Waals surface area contributed by atoms with Crippen LogP contribution in [-0.4, -0.2) is 34.7 Å². The molecule has 0 aliphatic carbocycles. The lowest BCUT2D eigenvalue weighted by Crippen LogP contribution is -2.36. The van der Waals surface area contributed by atoms with Gasteiger partial charge >= 0.3 is 0 Å². The Labute approximate surface area is 178 Å². The molecule has 3 aromatic rings. The third-order valence-corrected chi connectivity index (χ3v) is 4.00. The summed E-state index contributed by atoms with van der Waals surface area (Å²) in [4.78, 5) is 6.70. The molecule has 1 heterocycles. The van der Waals surface area contributed by atoms with Crippen molar-refractivity contribution in [2.24, 2.45) is 4.99 Å². The van der Waals surface area contributed by atoms with Gasteiger partial charge < -0.3 is 10.2 Å². The smallest absolute Gasteiger partial charge is 0.194 e. The van der Waals surface area contributed by atoms with Crippen LogP contribution in [0.3, 0.4) is 0 Å². The molecule has 6 heteroatoms.